The van der Waals surface area contributed by atoms with Gasteiger partial charge in [-0.1, -0.05) is 32.8 Å². The lowest BCUT2D eigenvalue weighted by atomic mass is 10.1. The van der Waals surface area contributed by atoms with E-state index < -0.39 is 11.2 Å². The van der Waals surface area contributed by atoms with Crippen molar-refractivity contribution in [1.82, 2.24) is 19.3 Å². The van der Waals surface area contributed by atoms with E-state index in [0.29, 0.717) is 25.1 Å². The molecule has 0 spiro atoms. The summed E-state index contributed by atoms with van der Waals surface area (Å²) in [4.78, 5) is 42.2. The molecule has 164 valence electrons. The molecular weight excluding hydrogens is 396 g/mol. The van der Waals surface area contributed by atoms with E-state index in [2.05, 4.69) is 10.1 Å². The molecule has 31 heavy (non-hydrogen) atoms. The summed E-state index contributed by atoms with van der Waals surface area (Å²) in [6.07, 6.45) is 6.53. The predicted octanol–water partition coefficient (Wildman–Crippen LogP) is 2.55. The second kappa shape index (κ2) is 9.92. The summed E-state index contributed by atoms with van der Waals surface area (Å²) in [5, 5.41) is 4.20. The number of carbonyl (C=O) groups excluding carboxylic acids is 1. The number of rotatable bonds is 9. The van der Waals surface area contributed by atoms with E-state index in [4.69, 9.17) is 5.73 Å². The number of nitrogens with two attached hydrogens (primary N) is 1. The summed E-state index contributed by atoms with van der Waals surface area (Å²) in [7, 11) is 0. The zero-order valence-corrected chi connectivity index (χ0v) is 17.9. The van der Waals surface area contributed by atoms with Gasteiger partial charge in [0.05, 0.1) is 5.69 Å². The van der Waals surface area contributed by atoms with Gasteiger partial charge in [0.1, 0.15) is 5.82 Å². The van der Waals surface area contributed by atoms with Gasteiger partial charge in [-0.05, 0) is 37.1 Å². The third kappa shape index (κ3) is 4.76. The number of nitrogen functional groups attached to an aromatic ring is 1. The van der Waals surface area contributed by atoms with Crippen LogP contribution in [-0.2, 0) is 6.54 Å². The molecule has 9 nitrogen and oxygen atoms in total. The number of unbranched alkanes of at least 4 members (excludes halogenated alkanes) is 2. The minimum Gasteiger partial charge on any atom is -0.383 e. The van der Waals surface area contributed by atoms with Gasteiger partial charge in [0.2, 0.25) is 0 Å². The summed E-state index contributed by atoms with van der Waals surface area (Å²) in [5.74, 6) is -0.352. The maximum atomic E-state index is 13.5. The van der Waals surface area contributed by atoms with Gasteiger partial charge in [-0.3, -0.25) is 19.1 Å². The summed E-state index contributed by atoms with van der Waals surface area (Å²) >= 11 is 0. The molecule has 0 aliphatic rings. The SMILES string of the molecule is CCCCN(C(=O)c1cccc(-n2cccn2)c1)c1c(N)n(CCCC)c(=O)[nH]c1=O. The number of carbonyl (C=O) groups is 1. The van der Waals surface area contributed by atoms with Crippen LogP contribution in [0.2, 0.25) is 0 Å². The van der Waals surface area contributed by atoms with Crippen LogP contribution in [0.4, 0.5) is 11.5 Å². The Morgan fingerprint density at radius 3 is 2.61 bits per heavy atom. The molecule has 2 aromatic heterocycles. The van der Waals surface area contributed by atoms with Crippen LogP contribution in [0, 0.1) is 0 Å². The molecule has 0 aliphatic heterocycles. The monoisotopic (exact) mass is 424 g/mol. The van der Waals surface area contributed by atoms with Crippen molar-refractivity contribution in [2.45, 2.75) is 46.1 Å². The van der Waals surface area contributed by atoms with Crippen LogP contribution in [-0.4, -0.2) is 31.8 Å². The Bertz CT molecular complexity index is 1150. The second-order valence-electron chi connectivity index (χ2n) is 7.31. The molecule has 0 fully saturated rings. The highest BCUT2D eigenvalue weighted by Gasteiger charge is 2.25. The molecule has 0 aliphatic carbocycles. The molecule has 2 heterocycles. The number of aromatic nitrogens is 4. The lowest BCUT2D eigenvalue weighted by molar-refractivity contribution is 0.0986. The van der Waals surface area contributed by atoms with Crippen molar-refractivity contribution in [2.75, 3.05) is 17.2 Å². The topological polar surface area (TPSA) is 119 Å². The maximum absolute atomic E-state index is 13.5. The van der Waals surface area contributed by atoms with E-state index >= 15 is 0 Å². The maximum Gasteiger partial charge on any atom is 0.330 e. The van der Waals surface area contributed by atoms with Gasteiger partial charge >= 0.3 is 5.69 Å². The predicted molar refractivity (Wildman–Crippen MR) is 121 cm³/mol. The highest BCUT2D eigenvalue weighted by molar-refractivity contribution is 6.07. The molecule has 3 N–H and O–H groups in total. The van der Waals surface area contributed by atoms with Gasteiger partial charge in [-0.15, -0.1) is 0 Å². The Balaban J connectivity index is 2.07. The molecule has 9 heteroatoms. The Morgan fingerprint density at radius 2 is 1.94 bits per heavy atom. The first-order valence-corrected chi connectivity index (χ1v) is 10.5. The van der Waals surface area contributed by atoms with E-state index in [9.17, 15) is 14.4 Å². The van der Waals surface area contributed by atoms with Gasteiger partial charge in [0.15, 0.2) is 5.69 Å². The standard InChI is InChI=1S/C22H28N6O3/c1-3-5-12-26(18-19(23)27(13-6-4-2)22(31)25-20(18)29)21(30)16-9-7-10-17(15-16)28-14-8-11-24-28/h7-11,14-15H,3-6,12-13,23H2,1-2H3,(H,25,29,31). The van der Waals surface area contributed by atoms with Gasteiger partial charge in [-0.2, -0.15) is 5.10 Å². The average Bonchev–Trinajstić information content (AvgIpc) is 3.30. The molecule has 0 saturated heterocycles. The normalized spacial score (nSPS) is 10.9. The smallest absolute Gasteiger partial charge is 0.330 e. The highest BCUT2D eigenvalue weighted by Crippen LogP contribution is 2.21. The van der Waals surface area contributed by atoms with Crippen LogP contribution in [0.5, 0.6) is 0 Å². The lowest BCUT2D eigenvalue weighted by Crippen LogP contribution is -2.41. The van der Waals surface area contributed by atoms with Crippen molar-refractivity contribution < 1.29 is 4.79 Å². The third-order valence-electron chi connectivity index (χ3n) is 5.06. The van der Waals surface area contributed by atoms with Gasteiger partial charge in [0.25, 0.3) is 11.5 Å². The fraction of sp³-hybridized carbons (Fsp3) is 0.364. The molecule has 0 atom stereocenters. The second-order valence-corrected chi connectivity index (χ2v) is 7.31. The molecule has 3 aromatic rings. The van der Waals surface area contributed by atoms with Crippen molar-refractivity contribution in [2.24, 2.45) is 0 Å². The zero-order valence-electron chi connectivity index (χ0n) is 17.9. The number of hydrogen-bond acceptors (Lipinski definition) is 5. The Hall–Kier alpha value is -3.62. The van der Waals surface area contributed by atoms with E-state index in [1.807, 2.05) is 19.9 Å². The average molecular weight is 425 g/mol. The molecule has 1 amide bonds. The number of nitrogens with one attached hydrogen (secondary N) is 1. The van der Waals surface area contributed by atoms with Crippen molar-refractivity contribution >= 4 is 17.4 Å². The fourth-order valence-electron chi connectivity index (χ4n) is 3.37. The molecule has 0 bridgehead atoms. The molecule has 0 unspecified atom stereocenters. The minimum absolute atomic E-state index is 0.00915. The molecule has 0 saturated carbocycles. The van der Waals surface area contributed by atoms with Crippen LogP contribution in [0.15, 0.2) is 52.3 Å². The molecule has 0 radical (unpaired) electrons. The highest BCUT2D eigenvalue weighted by atomic mass is 16.2. The Labute approximate surface area is 180 Å². The summed E-state index contributed by atoms with van der Waals surface area (Å²) in [5.41, 5.74) is 6.16. The van der Waals surface area contributed by atoms with Gasteiger partial charge < -0.3 is 10.6 Å². The van der Waals surface area contributed by atoms with E-state index in [-0.39, 0.29) is 17.4 Å². The number of hydrogen-bond donors (Lipinski definition) is 2. The first kappa shape index (κ1) is 22.1. The molecular formula is C22H28N6O3. The van der Waals surface area contributed by atoms with Crippen molar-refractivity contribution in [3.63, 3.8) is 0 Å². The Kier molecular flexibility index (Phi) is 7.07. The first-order chi connectivity index (χ1) is 15.0. The summed E-state index contributed by atoms with van der Waals surface area (Å²) in [6, 6.07) is 8.80. The Morgan fingerprint density at radius 1 is 1.16 bits per heavy atom. The van der Waals surface area contributed by atoms with Crippen molar-refractivity contribution in [3.05, 3.63) is 69.1 Å². The largest absolute Gasteiger partial charge is 0.383 e. The fourth-order valence-corrected chi connectivity index (χ4v) is 3.37. The molecule has 3 rings (SSSR count). The van der Waals surface area contributed by atoms with Crippen molar-refractivity contribution in [3.8, 4) is 5.69 Å². The van der Waals surface area contributed by atoms with Gasteiger partial charge in [-0.25, -0.2) is 9.48 Å². The number of benzene rings is 1. The van der Waals surface area contributed by atoms with Crippen LogP contribution in [0.1, 0.15) is 49.9 Å². The third-order valence-corrected chi connectivity index (χ3v) is 5.06. The number of nitrogens with zero attached hydrogens (tertiary/aromatic N) is 4. The first-order valence-electron chi connectivity index (χ1n) is 10.5. The van der Waals surface area contributed by atoms with Crippen molar-refractivity contribution in [1.29, 1.82) is 0 Å². The molecule has 1 aromatic carbocycles. The quantitative estimate of drug-likeness (QED) is 0.547. The summed E-state index contributed by atoms with van der Waals surface area (Å²) < 4.78 is 2.98. The zero-order chi connectivity index (χ0) is 22.4. The number of amides is 1. The van der Waals surface area contributed by atoms with E-state index in [0.717, 1.165) is 24.9 Å². The van der Waals surface area contributed by atoms with Gasteiger partial charge in [0, 0.05) is 31.0 Å². The number of H-pyrrole nitrogens is 1. The van der Waals surface area contributed by atoms with Crippen LogP contribution in [0.3, 0.4) is 0 Å². The van der Waals surface area contributed by atoms with Crippen LogP contribution in [0.25, 0.3) is 5.69 Å². The number of aromatic amines is 1. The van der Waals surface area contributed by atoms with Crippen LogP contribution >= 0.6 is 0 Å². The van der Waals surface area contributed by atoms with Crippen LogP contribution < -0.4 is 21.9 Å². The van der Waals surface area contributed by atoms with E-state index in [1.165, 1.54) is 9.47 Å². The minimum atomic E-state index is -0.664. The number of anilines is 2. The summed E-state index contributed by atoms with van der Waals surface area (Å²) in [6.45, 7) is 4.67. The lowest BCUT2D eigenvalue weighted by Gasteiger charge is -2.24. The van der Waals surface area contributed by atoms with E-state index in [1.54, 1.807) is 41.3 Å².